The summed E-state index contributed by atoms with van der Waals surface area (Å²) in [6.07, 6.45) is 0.263. The largest absolute Gasteiger partial charge is 0.466 e. The van der Waals surface area contributed by atoms with Crippen molar-refractivity contribution in [3.8, 4) is 0 Å². The molecule has 2 nitrogen and oxygen atoms in total. The number of alkyl halides is 1. The average molecular weight is 148 g/mol. The van der Waals surface area contributed by atoms with E-state index < -0.39 is 6.67 Å². The summed E-state index contributed by atoms with van der Waals surface area (Å²) in [7, 11) is 0. The molecule has 0 aromatic carbocycles. The molecule has 1 atom stereocenters. The van der Waals surface area contributed by atoms with Crippen LogP contribution in [0.15, 0.2) is 0 Å². The minimum absolute atomic E-state index is 0.263. The minimum Gasteiger partial charge on any atom is -0.466 e. The van der Waals surface area contributed by atoms with E-state index in [1.807, 2.05) is 0 Å². The first-order valence-corrected chi connectivity index (χ1v) is 3.45. The van der Waals surface area contributed by atoms with Crippen LogP contribution in [0.25, 0.3) is 0 Å². The summed E-state index contributed by atoms with van der Waals surface area (Å²) in [6.45, 7) is 3.31. The number of rotatable bonds is 4. The Hall–Kier alpha value is -0.600. The molecular formula is C7H13FO2. The maximum Gasteiger partial charge on any atom is 0.308 e. The van der Waals surface area contributed by atoms with Gasteiger partial charge in [0.1, 0.15) is 0 Å². The van der Waals surface area contributed by atoms with Gasteiger partial charge in [0.2, 0.25) is 0 Å². The van der Waals surface area contributed by atoms with Gasteiger partial charge in [-0.25, -0.2) is 0 Å². The molecule has 10 heavy (non-hydrogen) atoms. The molecule has 0 saturated heterocycles. The van der Waals surface area contributed by atoms with E-state index in [-0.39, 0.29) is 18.3 Å². The second-order valence-electron chi connectivity index (χ2n) is 2.13. The van der Waals surface area contributed by atoms with Crippen molar-refractivity contribution in [2.24, 2.45) is 5.92 Å². The average Bonchev–Trinajstić information content (AvgIpc) is 1.89. The van der Waals surface area contributed by atoms with E-state index >= 15 is 0 Å². The van der Waals surface area contributed by atoms with Crippen LogP contribution in [-0.2, 0) is 9.53 Å². The molecule has 3 heteroatoms. The van der Waals surface area contributed by atoms with Crippen molar-refractivity contribution in [1.82, 2.24) is 0 Å². The lowest BCUT2D eigenvalue weighted by Gasteiger charge is -2.06. The van der Waals surface area contributed by atoms with Crippen molar-refractivity contribution in [2.45, 2.75) is 20.3 Å². The van der Waals surface area contributed by atoms with Gasteiger partial charge in [-0.3, -0.25) is 9.18 Å². The maximum atomic E-state index is 11.6. The van der Waals surface area contributed by atoms with Crippen LogP contribution in [0, 0.1) is 5.92 Å². The van der Waals surface area contributed by atoms with E-state index in [0.29, 0.717) is 6.61 Å². The molecule has 0 spiro atoms. The molecule has 60 valence electrons. The first kappa shape index (κ1) is 9.40. The van der Waals surface area contributed by atoms with Crippen LogP contribution >= 0.6 is 0 Å². The zero-order chi connectivity index (χ0) is 7.98. The highest BCUT2D eigenvalue weighted by Gasteiger charge is 2.12. The van der Waals surface area contributed by atoms with Crippen molar-refractivity contribution in [3.63, 3.8) is 0 Å². The summed E-state index contributed by atoms with van der Waals surface area (Å²) in [4.78, 5) is 10.7. The molecular weight excluding hydrogens is 135 g/mol. The lowest BCUT2D eigenvalue weighted by atomic mass is 10.1. The van der Waals surface area contributed by atoms with E-state index in [0.717, 1.165) is 0 Å². The number of carbonyl (C=O) groups is 1. The molecule has 0 aromatic rings. The summed E-state index contributed by atoms with van der Waals surface area (Å²) < 4.78 is 16.3. The van der Waals surface area contributed by atoms with Crippen molar-refractivity contribution in [2.75, 3.05) is 13.3 Å². The summed E-state index contributed by atoms with van der Waals surface area (Å²) in [5.74, 6) is -0.606. The first-order valence-electron chi connectivity index (χ1n) is 3.45. The normalized spacial score (nSPS) is 12.7. The van der Waals surface area contributed by atoms with E-state index in [2.05, 4.69) is 4.74 Å². The standard InChI is InChI=1S/C7H13FO2/c1-3-10-7(9)6(2)4-5-8/h6H,3-5H2,1-2H3. The Morgan fingerprint density at radius 2 is 2.30 bits per heavy atom. The number of ether oxygens (including phenoxy) is 1. The summed E-state index contributed by atoms with van der Waals surface area (Å²) in [5.41, 5.74) is 0. The van der Waals surface area contributed by atoms with Crippen molar-refractivity contribution >= 4 is 5.97 Å². The molecule has 0 aliphatic rings. The molecule has 0 aromatic heterocycles. The lowest BCUT2D eigenvalue weighted by Crippen LogP contribution is -2.14. The fourth-order valence-corrected chi connectivity index (χ4v) is 0.566. The third kappa shape index (κ3) is 3.43. The molecule has 0 aliphatic carbocycles. The van der Waals surface area contributed by atoms with Gasteiger partial charge in [-0.05, 0) is 13.3 Å². The third-order valence-electron chi connectivity index (χ3n) is 1.23. The van der Waals surface area contributed by atoms with Gasteiger partial charge in [0.25, 0.3) is 0 Å². The lowest BCUT2D eigenvalue weighted by molar-refractivity contribution is -0.147. The zero-order valence-corrected chi connectivity index (χ0v) is 6.39. The predicted octanol–water partition coefficient (Wildman–Crippen LogP) is 1.55. The molecule has 0 saturated carbocycles. The van der Waals surface area contributed by atoms with Crippen LogP contribution in [0.5, 0.6) is 0 Å². The SMILES string of the molecule is CCOC(=O)C(C)CCF. The molecule has 0 rings (SSSR count). The summed E-state index contributed by atoms with van der Waals surface area (Å²) in [5, 5.41) is 0. The Morgan fingerprint density at radius 3 is 2.70 bits per heavy atom. The molecule has 0 fully saturated rings. The Labute approximate surface area is 60.4 Å². The molecule has 1 unspecified atom stereocenters. The van der Waals surface area contributed by atoms with Gasteiger partial charge >= 0.3 is 5.97 Å². The Morgan fingerprint density at radius 1 is 1.70 bits per heavy atom. The van der Waals surface area contributed by atoms with E-state index in [1.54, 1.807) is 13.8 Å². The zero-order valence-electron chi connectivity index (χ0n) is 6.39. The fraction of sp³-hybridized carbons (Fsp3) is 0.857. The van der Waals surface area contributed by atoms with Gasteiger partial charge < -0.3 is 4.74 Å². The predicted molar refractivity (Wildman–Crippen MR) is 36.4 cm³/mol. The number of esters is 1. The molecule has 0 N–H and O–H groups in total. The number of hydrogen-bond donors (Lipinski definition) is 0. The molecule has 0 bridgehead atoms. The fourth-order valence-electron chi connectivity index (χ4n) is 0.566. The Balaban J connectivity index is 3.49. The van der Waals surface area contributed by atoms with Crippen LogP contribution in [-0.4, -0.2) is 19.3 Å². The smallest absolute Gasteiger partial charge is 0.308 e. The van der Waals surface area contributed by atoms with Crippen molar-refractivity contribution < 1.29 is 13.9 Å². The molecule has 0 radical (unpaired) electrons. The second-order valence-corrected chi connectivity index (χ2v) is 2.13. The van der Waals surface area contributed by atoms with Gasteiger partial charge in [-0.2, -0.15) is 0 Å². The number of hydrogen-bond acceptors (Lipinski definition) is 2. The highest BCUT2D eigenvalue weighted by molar-refractivity contribution is 5.71. The first-order chi connectivity index (χ1) is 4.72. The maximum absolute atomic E-state index is 11.6. The van der Waals surface area contributed by atoms with Crippen LogP contribution in [0.3, 0.4) is 0 Å². The van der Waals surface area contributed by atoms with Crippen LogP contribution in [0.1, 0.15) is 20.3 Å². The van der Waals surface area contributed by atoms with Crippen LogP contribution in [0.4, 0.5) is 4.39 Å². The monoisotopic (exact) mass is 148 g/mol. The molecule has 0 heterocycles. The van der Waals surface area contributed by atoms with Gasteiger partial charge in [-0.15, -0.1) is 0 Å². The Kier molecular flexibility index (Phi) is 4.89. The van der Waals surface area contributed by atoms with Gasteiger partial charge in [0.05, 0.1) is 19.2 Å². The van der Waals surface area contributed by atoms with E-state index in [1.165, 1.54) is 0 Å². The van der Waals surface area contributed by atoms with Gasteiger partial charge in [0, 0.05) is 0 Å². The minimum atomic E-state index is -0.458. The second kappa shape index (κ2) is 5.21. The summed E-state index contributed by atoms with van der Waals surface area (Å²) >= 11 is 0. The van der Waals surface area contributed by atoms with Crippen LogP contribution in [0.2, 0.25) is 0 Å². The third-order valence-corrected chi connectivity index (χ3v) is 1.23. The topological polar surface area (TPSA) is 26.3 Å². The van der Waals surface area contributed by atoms with Gasteiger partial charge in [0.15, 0.2) is 0 Å². The summed E-state index contributed by atoms with van der Waals surface area (Å²) in [6, 6.07) is 0. The van der Waals surface area contributed by atoms with Gasteiger partial charge in [-0.1, -0.05) is 6.92 Å². The molecule has 0 aliphatic heterocycles. The number of halogens is 1. The molecule has 0 amide bonds. The van der Waals surface area contributed by atoms with Crippen molar-refractivity contribution in [3.05, 3.63) is 0 Å². The highest BCUT2D eigenvalue weighted by atomic mass is 19.1. The Bertz CT molecular complexity index is 104. The number of carbonyl (C=O) groups excluding carboxylic acids is 1. The van der Waals surface area contributed by atoms with Crippen molar-refractivity contribution in [1.29, 1.82) is 0 Å². The highest BCUT2D eigenvalue weighted by Crippen LogP contribution is 2.03. The quantitative estimate of drug-likeness (QED) is 0.565. The van der Waals surface area contributed by atoms with E-state index in [9.17, 15) is 9.18 Å². The van der Waals surface area contributed by atoms with E-state index in [4.69, 9.17) is 0 Å². The van der Waals surface area contributed by atoms with Crippen LogP contribution < -0.4 is 0 Å².